The van der Waals surface area contributed by atoms with Crippen LogP contribution in [0.25, 0.3) is 22.3 Å². The summed E-state index contributed by atoms with van der Waals surface area (Å²) in [6.45, 7) is -2.44. The van der Waals surface area contributed by atoms with E-state index >= 15 is 0 Å². The van der Waals surface area contributed by atoms with Crippen LogP contribution in [-0.4, -0.2) is 52.4 Å². The molecule has 1 saturated heterocycles. The SMILES string of the molecule is Nc1ncnc2c1c(-c1ccc(Oc3ccccc3)cc1)nn2[C@@H]1CCN(S(=O)(=O)c2c(F)c(F)c(F)c(F)c2OCF)C1. The molecule has 5 aromatic rings. The lowest BCUT2D eigenvalue weighted by Crippen LogP contribution is -2.31. The van der Waals surface area contributed by atoms with Crippen LogP contribution >= 0.6 is 0 Å². The average molecular weight is 633 g/mol. The molecule has 0 saturated carbocycles. The number of ether oxygens (including phenoxy) is 2. The van der Waals surface area contributed by atoms with Gasteiger partial charge in [-0.3, -0.25) is 0 Å². The van der Waals surface area contributed by atoms with Gasteiger partial charge in [0.15, 0.2) is 27.9 Å². The van der Waals surface area contributed by atoms with E-state index in [4.69, 9.17) is 10.5 Å². The number of hydrogen-bond acceptors (Lipinski definition) is 8. The van der Waals surface area contributed by atoms with Gasteiger partial charge in [-0.2, -0.15) is 13.8 Å². The van der Waals surface area contributed by atoms with Crippen molar-refractivity contribution in [2.24, 2.45) is 0 Å². The molecule has 0 radical (unpaired) electrons. The third kappa shape index (κ3) is 4.94. The number of sulfonamides is 1. The smallest absolute Gasteiger partial charge is 0.250 e. The Morgan fingerprint density at radius 2 is 1.59 bits per heavy atom. The summed E-state index contributed by atoms with van der Waals surface area (Å²) in [6, 6.07) is 15.4. The van der Waals surface area contributed by atoms with E-state index in [0.717, 1.165) is 0 Å². The standard InChI is InChI=1S/C28H21F5N6O4S/c29-13-42-25-22(32)20(30)21(31)23(33)26(25)44(40,41)38-11-10-16(12-38)39-28-19(27(34)35-14-36-28)24(37-39)15-6-8-18(9-7-15)43-17-4-2-1-3-5-17/h1-9,14,16H,10-13H2,(H2,34,35,36)/t16-/m1/s1. The zero-order valence-electron chi connectivity index (χ0n) is 22.4. The van der Waals surface area contributed by atoms with Crippen LogP contribution < -0.4 is 15.2 Å². The molecule has 3 heterocycles. The first-order chi connectivity index (χ1) is 21.1. The number of aromatic nitrogens is 4. The Balaban J connectivity index is 1.34. The van der Waals surface area contributed by atoms with Crippen molar-refractivity contribution in [3.8, 4) is 28.5 Å². The van der Waals surface area contributed by atoms with Gasteiger partial charge >= 0.3 is 0 Å². The first kappa shape index (κ1) is 29.3. The van der Waals surface area contributed by atoms with E-state index < -0.39 is 56.8 Å². The molecule has 1 aliphatic rings. The normalized spacial score (nSPS) is 15.6. The van der Waals surface area contributed by atoms with Crippen molar-refractivity contribution < 1.29 is 39.8 Å². The number of rotatable bonds is 8. The summed E-state index contributed by atoms with van der Waals surface area (Å²) in [7, 11) is -5.05. The monoisotopic (exact) mass is 632 g/mol. The van der Waals surface area contributed by atoms with Crippen molar-refractivity contribution in [2.45, 2.75) is 17.4 Å². The van der Waals surface area contributed by atoms with Crippen molar-refractivity contribution in [3.05, 3.63) is 84.2 Å². The fourth-order valence-corrected chi connectivity index (χ4v) is 6.69. The Morgan fingerprint density at radius 3 is 2.30 bits per heavy atom. The van der Waals surface area contributed by atoms with Gasteiger partial charge in [0.05, 0.1) is 11.4 Å². The Labute approximate surface area is 246 Å². The fraction of sp³-hybridized carbons (Fsp3) is 0.179. The topological polar surface area (TPSA) is 125 Å². The summed E-state index contributed by atoms with van der Waals surface area (Å²) < 4.78 is 109. The van der Waals surface area contributed by atoms with Crippen molar-refractivity contribution in [2.75, 3.05) is 25.7 Å². The van der Waals surface area contributed by atoms with Gasteiger partial charge in [-0.1, -0.05) is 18.2 Å². The van der Waals surface area contributed by atoms with Crippen LogP contribution in [0.3, 0.4) is 0 Å². The fourth-order valence-electron chi connectivity index (χ4n) is 5.02. The first-order valence-corrected chi connectivity index (χ1v) is 14.4. The lowest BCUT2D eigenvalue weighted by molar-refractivity contribution is 0.173. The average Bonchev–Trinajstić information content (AvgIpc) is 3.67. The minimum atomic E-state index is -5.05. The second-order valence-electron chi connectivity index (χ2n) is 9.66. The predicted molar refractivity (Wildman–Crippen MR) is 147 cm³/mol. The Morgan fingerprint density at radius 1 is 0.909 bits per heavy atom. The third-order valence-corrected chi connectivity index (χ3v) is 8.97. The van der Waals surface area contributed by atoms with Crippen molar-refractivity contribution in [3.63, 3.8) is 0 Å². The maximum absolute atomic E-state index is 14.7. The lowest BCUT2D eigenvalue weighted by Gasteiger charge is -2.20. The van der Waals surface area contributed by atoms with Gasteiger partial charge < -0.3 is 15.2 Å². The molecule has 6 rings (SSSR count). The summed E-state index contributed by atoms with van der Waals surface area (Å²) in [5.41, 5.74) is 7.46. The molecule has 228 valence electrons. The van der Waals surface area contributed by atoms with Gasteiger partial charge in [-0.25, -0.2) is 40.6 Å². The summed E-state index contributed by atoms with van der Waals surface area (Å²) in [5, 5.41) is 5.05. The van der Waals surface area contributed by atoms with E-state index in [0.29, 0.717) is 32.4 Å². The molecular formula is C28H21F5N6O4S. The second-order valence-corrected chi connectivity index (χ2v) is 11.5. The van der Waals surface area contributed by atoms with Gasteiger partial charge in [-0.05, 0) is 42.8 Å². The molecule has 0 unspecified atom stereocenters. The van der Waals surface area contributed by atoms with Crippen LogP contribution in [0.2, 0.25) is 0 Å². The number of nitrogen functional groups attached to an aromatic ring is 1. The maximum atomic E-state index is 14.7. The molecule has 0 amide bonds. The van der Waals surface area contributed by atoms with E-state index in [-0.39, 0.29) is 31.0 Å². The highest BCUT2D eigenvalue weighted by atomic mass is 32.2. The zero-order valence-corrected chi connectivity index (χ0v) is 23.2. The van der Waals surface area contributed by atoms with E-state index in [1.165, 1.54) is 11.0 Å². The number of para-hydroxylation sites is 1. The van der Waals surface area contributed by atoms with Crippen molar-refractivity contribution in [1.29, 1.82) is 0 Å². The van der Waals surface area contributed by atoms with Gasteiger partial charge in [-0.15, -0.1) is 0 Å². The molecule has 3 aromatic carbocycles. The number of hydrogen-bond donors (Lipinski definition) is 1. The van der Waals surface area contributed by atoms with Crippen molar-refractivity contribution in [1.82, 2.24) is 24.1 Å². The van der Waals surface area contributed by atoms with Crippen LogP contribution in [0.4, 0.5) is 27.8 Å². The molecular weight excluding hydrogens is 611 g/mol. The van der Waals surface area contributed by atoms with Crippen LogP contribution in [0.5, 0.6) is 17.2 Å². The second kappa shape index (κ2) is 11.3. The molecule has 0 bridgehead atoms. The number of benzene rings is 3. The van der Waals surface area contributed by atoms with Crippen LogP contribution in [0.1, 0.15) is 12.5 Å². The summed E-state index contributed by atoms with van der Waals surface area (Å²) >= 11 is 0. The van der Waals surface area contributed by atoms with E-state index in [1.54, 1.807) is 36.4 Å². The molecule has 44 heavy (non-hydrogen) atoms. The Kier molecular flexibility index (Phi) is 7.54. The van der Waals surface area contributed by atoms with Crippen LogP contribution in [0, 0.1) is 23.3 Å². The highest BCUT2D eigenvalue weighted by molar-refractivity contribution is 7.89. The summed E-state index contributed by atoms with van der Waals surface area (Å²) in [4.78, 5) is 6.70. The summed E-state index contributed by atoms with van der Waals surface area (Å²) in [5.74, 6) is -9.41. The maximum Gasteiger partial charge on any atom is 0.250 e. The Bertz CT molecular complexity index is 1980. The highest BCUT2D eigenvalue weighted by Crippen LogP contribution is 2.39. The van der Waals surface area contributed by atoms with Gasteiger partial charge in [0.2, 0.25) is 28.5 Å². The van der Waals surface area contributed by atoms with Crippen LogP contribution in [-0.2, 0) is 10.0 Å². The number of nitrogens with zero attached hydrogens (tertiary/aromatic N) is 5. The van der Waals surface area contributed by atoms with Gasteiger partial charge in [0.25, 0.3) is 0 Å². The quantitative estimate of drug-likeness (QED) is 0.138. The predicted octanol–water partition coefficient (Wildman–Crippen LogP) is 5.37. The van der Waals surface area contributed by atoms with Crippen molar-refractivity contribution >= 4 is 26.9 Å². The Hall–Kier alpha value is -4.83. The lowest BCUT2D eigenvalue weighted by atomic mass is 10.1. The molecule has 2 N–H and O–H groups in total. The van der Waals surface area contributed by atoms with E-state index in [1.807, 2.05) is 18.2 Å². The largest absolute Gasteiger partial charge is 0.458 e. The highest BCUT2D eigenvalue weighted by Gasteiger charge is 2.41. The third-order valence-electron chi connectivity index (χ3n) is 7.08. The van der Waals surface area contributed by atoms with E-state index in [9.17, 15) is 30.4 Å². The minimum Gasteiger partial charge on any atom is -0.458 e. The molecule has 1 atom stereocenters. The van der Waals surface area contributed by atoms with Gasteiger partial charge in [0, 0.05) is 18.7 Å². The van der Waals surface area contributed by atoms with E-state index in [2.05, 4.69) is 19.8 Å². The number of anilines is 1. The first-order valence-electron chi connectivity index (χ1n) is 13.0. The molecule has 0 aliphatic carbocycles. The van der Waals surface area contributed by atoms with Crippen LogP contribution in [0.15, 0.2) is 65.8 Å². The molecule has 16 heteroatoms. The number of fused-ring (bicyclic) bond motifs is 1. The molecule has 10 nitrogen and oxygen atoms in total. The number of nitrogens with two attached hydrogens (primary N) is 1. The number of halogens is 5. The molecule has 0 spiro atoms. The molecule has 1 fully saturated rings. The van der Waals surface area contributed by atoms with Gasteiger partial charge in [0.1, 0.15) is 29.3 Å². The minimum absolute atomic E-state index is 0.107. The molecule has 1 aliphatic heterocycles. The summed E-state index contributed by atoms with van der Waals surface area (Å²) in [6.07, 6.45) is 1.32. The molecule has 2 aromatic heterocycles. The zero-order chi connectivity index (χ0) is 31.2. The number of alkyl halides is 1.